The van der Waals surface area contributed by atoms with Crippen molar-refractivity contribution in [1.29, 1.82) is 0 Å². The number of hydrogen-bond acceptors (Lipinski definition) is 2. The van der Waals surface area contributed by atoms with E-state index in [4.69, 9.17) is 16.3 Å². The summed E-state index contributed by atoms with van der Waals surface area (Å²) in [5, 5.41) is -0.0984. The normalized spacial score (nSPS) is 13.1. The van der Waals surface area contributed by atoms with Crippen molar-refractivity contribution in [3.8, 4) is 0 Å². The van der Waals surface area contributed by atoms with Crippen LogP contribution in [0.1, 0.15) is 24.5 Å². The Hall–Kier alpha value is -0.580. The highest BCUT2D eigenvalue weighted by Gasteiger charge is 2.14. The van der Waals surface area contributed by atoms with E-state index in [9.17, 15) is 0 Å². The quantitative estimate of drug-likeness (QED) is 0.608. The molecule has 98 valence electrons. The van der Waals surface area contributed by atoms with E-state index in [0.717, 1.165) is 40.9 Å². The molecule has 0 N–H and O–H groups in total. The summed E-state index contributed by atoms with van der Waals surface area (Å²) in [6.07, 6.45) is 0.953. The van der Waals surface area contributed by atoms with E-state index < -0.39 is 0 Å². The maximum atomic E-state index is 6.21. The van der Waals surface area contributed by atoms with Gasteiger partial charge in [0.15, 0.2) is 0 Å². The van der Waals surface area contributed by atoms with Crippen molar-refractivity contribution < 1.29 is 4.74 Å². The second kappa shape index (κ2) is 6.04. The second-order valence-electron chi connectivity index (χ2n) is 4.22. The van der Waals surface area contributed by atoms with Crippen molar-refractivity contribution in [1.82, 2.24) is 9.55 Å². The van der Waals surface area contributed by atoms with Gasteiger partial charge in [-0.15, -0.1) is 11.6 Å². The molecular weight excluding hydrogens is 316 g/mol. The summed E-state index contributed by atoms with van der Waals surface area (Å²) in [7, 11) is 1.72. The predicted molar refractivity (Wildman–Crippen MR) is 78.2 cm³/mol. The number of hydrogen-bond donors (Lipinski definition) is 0. The number of imidazole rings is 1. The molecular formula is C13H16BrClN2O. The maximum Gasteiger partial charge on any atom is 0.127 e. The molecule has 0 aliphatic rings. The third kappa shape index (κ3) is 2.87. The Bertz CT molecular complexity index is 539. The van der Waals surface area contributed by atoms with E-state index in [0.29, 0.717) is 0 Å². The van der Waals surface area contributed by atoms with Gasteiger partial charge in [-0.1, -0.05) is 15.9 Å². The van der Waals surface area contributed by atoms with Gasteiger partial charge in [-0.25, -0.2) is 4.98 Å². The fourth-order valence-electron chi connectivity index (χ4n) is 2.03. The standard InChI is InChI=1S/C13H16BrClN2O/c1-9(15)13-16-11-8-10(14)4-5-12(11)17(13)6-3-7-18-2/h4-5,8-9H,3,6-7H2,1-2H3. The number of ether oxygens (including phenoxy) is 1. The molecule has 1 aromatic carbocycles. The topological polar surface area (TPSA) is 27.1 Å². The highest BCUT2D eigenvalue weighted by Crippen LogP contribution is 2.26. The highest BCUT2D eigenvalue weighted by molar-refractivity contribution is 9.10. The molecule has 2 aromatic rings. The fourth-order valence-corrected chi connectivity index (χ4v) is 2.54. The van der Waals surface area contributed by atoms with Crippen LogP contribution in [0.5, 0.6) is 0 Å². The summed E-state index contributed by atoms with van der Waals surface area (Å²) >= 11 is 9.67. The summed E-state index contributed by atoms with van der Waals surface area (Å²) in [5.74, 6) is 0.917. The van der Waals surface area contributed by atoms with E-state index in [1.54, 1.807) is 7.11 Å². The minimum absolute atomic E-state index is 0.0984. The van der Waals surface area contributed by atoms with Crippen molar-refractivity contribution in [3.05, 3.63) is 28.5 Å². The van der Waals surface area contributed by atoms with Crippen molar-refractivity contribution in [2.75, 3.05) is 13.7 Å². The molecule has 0 saturated carbocycles. The van der Waals surface area contributed by atoms with Crippen LogP contribution in [0, 0.1) is 0 Å². The Morgan fingerprint density at radius 2 is 2.28 bits per heavy atom. The number of fused-ring (bicyclic) bond motifs is 1. The van der Waals surface area contributed by atoms with Gasteiger partial charge in [-0.05, 0) is 31.5 Å². The first kappa shape index (κ1) is 13.8. The molecule has 3 nitrogen and oxygen atoms in total. The first-order chi connectivity index (χ1) is 8.63. The largest absolute Gasteiger partial charge is 0.385 e. The predicted octanol–water partition coefficient (Wildman–Crippen LogP) is 4.14. The minimum atomic E-state index is -0.0984. The lowest BCUT2D eigenvalue weighted by Crippen LogP contribution is -2.06. The van der Waals surface area contributed by atoms with Crippen LogP contribution < -0.4 is 0 Å². The van der Waals surface area contributed by atoms with Gasteiger partial charge in [0.25, 0.3) is 0 Å². The van der Waals surface area contributed by atoms with Crippen molar-refractivity contribution in [2.45, 2.75) is 25.3 Å². The molecule has 18 heavy (non-hydrogen) atoms. The average molecular weight is 332 g/mol. The average Bonchev–Trinajstić information content (AvgIpc) is 2.68. The van der Waals surface area contributed by atoms with Gasteiger partial charge in [0.2, 0.25) is 0 Å². The molecule has 1 heterocycles. The van der Waals surface area contributed by atoms with Gasteiger partial charge in [-0.2, -0.15) is 0 Å². The van der Waals surface area contributed by atoms with Crippen LogP contribution in [0.3, 0.4) is 0 Å². The van der Waals surface area contributed by atoms with E-state index >= 15 is 0 Å². The van der Waals surface area contributed by atoms with Crippen LogP contribution in [0.2, 0.25) is 0 Å². The van der Waals surface area contributed by atoms with E-state index in [1.165, 1.54) is 0 Å². The van der Waals surface area contributed by atoms with E-state index in [2.05, 4.69) is 31.5 Å². The lowest BCUT2D eigenvalue weighted by Gasteiger charge is -2.10. The summed E-state index contributed by atoms with van der Waals surface area (Å²) in [4.78, 5) is 4.61. The second-order valence-corrected chi connectivity index (χ2v) is 5.79. The third-order valence-corrected chi connectivity index (χ3v) is 3.51. The molecule has 2 rings (SSSR count). The van der Waals surface area contributed by atoms with Crippen LogP contribution in [0.25, 0.3) is 11.0 Å². The molecule has 0 spiro atoms. The maximum absolute atomic E-state index is 6.21. The SMILES string of the molecule is COCCCn1c(C(C)Cl)nc2cc(Br)ccc21. The highest BCUT2D eigenvalue weighted by atomic mass is 79.9. The van der Waals surface area contributed by atoms with Gasteiger partial charge in [0.05, 0.1) is 16.4 Å². The van der Waals surface area contributed by atoms with Gasteiger partial charge >= 0.3 is 0 Å². The van der Waals surface area contributed by atoms with Crippen LogP contribution >= 0.6 is 27.5 Å². The lowest BCUT2D eigenvalue weighted by molar-refractivity contribution is 0.190. The molecule has 1 aromatic heterocycles. The van der Waals surface area contributed by atoms with E-state index in [1.807, 2.05) is 19.1 Å². The van der Waals surface area contributed by atoms with Crippen LogP contribution in [-0.4, -0.2) is 23.3 Å². The number of alkyl halides is 1. The summed E-state index contributed by atoms with van der Waals surface area (Å²) in [5.41, 5.74) is 2.10. The van der Waals surface area contributed by atoms with Gasteiger partial charge < -0.3 is 9.30 Å². The van der Waals surface area contributed by atoms with Crippen molar-refractivity contribution >= 4 is 38.6 Å². The van der Waals surface area contributed by atoms with Crippen molar-refractivity contribution in [3.63, 3.8) is 0 Å². The number of aryl methyl sites for hydroxylation is 1. The fraction of sp³-hybridized carbons (Fsp3) is 0.462. The summed E-state index contributed by atoms with van der Waals surface area (Å²) < 4.78 is 8.31. The molecule has 1 atom stereocenters. The molecule has 0 radical (unpaired) electrons. The Balaban J connectivity index is 2.42. The molecule has 1 unspecified atom stereocenters. The Morgan fingerprint density at radius 3 is 2.94 bits per heavy atom. The minimum Gasteiger partial charge on any atom is -0.385 e. The Labute approximate surface area is 120 Å². The molecule has 0 saturated heterocycles. The Kier molecular flexibility index (Phi) is 4.65. The van der Waals surface area contributed by atoms with Crippen LogP contribution in [0.4, 0.5) is 0 Å². The first-order valence-corrected chi connectivity index (χ1v) is 7.15. The van der Waals surface area contributed by atoms with Gasteiger partial charge in [0.1, 0.15) is 5.82 Å². The third-order valence-electron chi connectivity index (χ3n) is 2.83. The smallest absolute Gasteiger partial charge is 0.127 e. The van der Waals surface area contributed by atoms with Gasteiger partial charge in [-0.3, -0.25) is 0 Å². The molecule has 0 amide bonds. The molecule has 0 aliphatic carbocycles. The number of rotatable bonds is 5. The van der Waals surface area contributed by atoms with Crippen molar-refractivity contribution in [2.24, 2.45) is 0 Å². The lowest BCUT2D eigenvalue weighted by atomic mass is 10.3. The number of aromatic nitrogens is 2. The summed E-state index contributed by atoms with van der Waals surface area (Å²) in [6.45, 7) is 3.56. The number of methoxy groups -OCH3 is 1. The van der Waals surface area contributed by atoms with E-state index in [-0.39, 0.29) is 5.38 Å². The molecule has 0 aliphatic heterocycles. The zero-order chi connectivity index (χ0) is 13.1. The monoisotopic (exact) mass is 330 g/mol. The van der Waals surface area contributed by atoms with Crippen LogP contribution in [0.15, 0.2) is 22.7 Å². The number of halogens is 2. The Morgan fingerprint density at radius 1 is 1.50 bits per heavy atom. The molecule has 5 heteroatoms. The zero-order valence-electron chi connectivity index (χ0n) is 10.5. The first-order valence-electron chi connectivity index (χ1n) is 5.92. The number of benzene rings is 1. The molecule has 0 fully saturated rings. The zero-order valence-corrected chi connectivity index (χ0v) is 12.8. The number of nitrogens with zero attached hydrogens (tertiary/aromatic N) is 2. The molecule has 0 bridgehead atoms. The van der Waals surface area contributed by atoms with Gasteiger partial charge in [0, 0.05) is 24.7 Å². The summed E-state index contributed by atoms with van der Waals surface area (Å²) in [6, 6.07) is 6.12. The van der Waals surface area contributed by atoms with Crippen LogP contribution in [-0.2, 0) is 11.3 Å².